The van der Waals surface area contributed by atoms with Crippen molar-refractivity contribution in [1.82, 2.24) is 24.1 Å². The molecular formula is C14H19N5O2S. The van der Waals surface area contributed by atoms with Gasteiger partial charge in [0.1, 0.15) is 10.7 Å². The molecule has 0 spiro atoms. The predicted octanol–water partition coefficient (Wildman–Crippen LogP) is 1.01. The molecule has 22 heavy (non-hydrogen) atoms. The van der Waals surface area contributed by atoms with Gasteiger partial charge >= 0.3 is 0 Å². The van der Waals surface area contributed by atoms with Crippen molar-refractivity contribution in [1.29, 1.82) is 0 Å². The summed E-state index contributed by atoms with van der Waals surface area (Å²) in [5, 5.41) is 4.12. The molecule has 3 rings (SSSR count). The van der Waals surface area contributed by atoms with E-state index in [9.17, 15) is 8.42 Å². The lowest BCUT2D eigenvalue weighted by Gasteiger charge is -2.15. The van der Waals surface area contributed by atoms with Crippen LogP contribution in [0.25, 0.3) is 0 Å². The molecule has 0 N–H and O–H groups in total. The second-order valence-corrected chi connectivity index (χ2v) is 7.56. The fraction of sp³-hybridized carbons (Fsp3) is 0.500. The quantitative estimate of drug-likeness (QED) is 0.842. The van der Waals surface area contributed by atoms with E-state index in [0.29, 0.717) is 18.8 Å². The van der Waals surface area contributed by atoms with Gasteiger partial charge in [0.15, 0.2) is 0 Å². The van der Waals surface area contributed by atoms with E-state index in [0.717, 1.165) is 17.9 Å². The molecule has 0 aliphatic carbocycles. The minimum Gasteiger partial charge on any atom is -0.274 e. The van der Waals surface area contributed by atoms with E-state index < -0.39 is 10.0 Å². The molecule has 0 radical (unpaired) electrons. The van der Waals surface area contributed by atoms with Crippen LogP contribution < -0.4 is 0 Å². The van der Waals surface area contributed by atoms with Gasteiger partial charge in [-0.2, -0.15) is 9.40 Å². The van der Waals surface area contributed by atoms with E-state index in [2.05, 4.69) is 15.1 Å². The molecule has 0 amide bonds. The van der Waals surface area contributed by atoms with Gasteiger partial charge < -0.3 is 0 Å². The molecule has 1 atom stereocenters. The number of aromatic nitrogens is 4. The van der Waals surface area contributed by atoms with Crippen LogP contribution in [0, 0.1) is 13.8 Å². The zero-order chi connectivity index (χ0) is 15.9. The molecule has 118 valence electrons. The summed E-state index contributed by atoms with van der Waals surface area (Å²) in [5.41, 5.74) is 1.42. The highest BCUT2D eigenvalue weighted by atomic mass is 32.2. The average molecular weight is 321 g/mol. The first-order valence-corrected chi connectivity index (χ1v) is 8.62. The topological polar surface area (TPSA) is 81.0 Å². The van der Waals surface area contributed by atoms with Gasteiger partial charge in [-0.05, 0) is 26.3 Å². The summed E-state index contributed by atoms with van der Waals surface area (Å²) in [4.78, 5) is 8.98. The summed E-state index contributed by atoms with van der Waals surface area (Å²) in [5.74, 6) is 0.771. The minimum absolute atomic E-state index is 0.0478. The highest BCUT2D eigenvalue weighted by Crippen LogP contribution is 2.30. The summed E-state index contributed by atoms with van der Waals surface area (Å²) >= 11 is 0. The van der Waals surface area contributed by atoms with Crippen molar-refractivity contribution in [2.45, 2.75) is 31.1 Å². The Labute approximate surface area is 130 Å². The molecule has 0 aromatic carbocycles. The minimum atomic E-state index is -3.51. The largest absolute Gasteiger partial charge is 0.274 e. The number of nitrogens with zero attached hydrogens (tertiary/aromatic N) is 5. The zero-order valence-corrected chi connectivity index (χ0v) is 13.7. The molecule has 2 aromatic heterocycles. The Bertz CT molecular complexity index is 799. The van der Waals surface area contributed by atoms with Gasteiger partial charge in [-0.3, -0.25) is 4.68 Å². The Morgan fingerprint density at radius 1 is 1.32 bits per heavy atom. The van der Waals surface area contributed by atoms with Gasteiger partial charge in [0.25, 0.3) is 0 Å². The fourth-order valence-corrected chi connectivity index (χ4v) is 4.49. The van der Waals surface area contributed by atoms with Gasteiger partial charge in [-0.15, -0.1) is 0 Å². The first-order valence-electron chi connectivity index (χ1n) is 7.18. The maximum absolute atomic E-state index is 12.7. The normalized spacial score (nSPS) is 19.7. The molecule has 1 aliphatic heterocycles. The zero-order valence-electron chi connectivity index (χ0n) is 12.9. The molecule has 0 saturated carbocycles. The Balaban J connectivity index is 1.84. The monoisotopic (exact) mass is 321 g/mol. The molecule has 3 heterocycles. The Morgan fingerprint density at radius 2 is 2.09 bits per heavy atom. The summed E-state index contributed by atoms with van der Waals surface area (Å²) in [6, 6.07) is 1.84. The maximum Gasteiger partial charge on any atom is 0.246 e. The lowest BCUT2D eigenvalue weighted by Crippen LogP contribution is -2.29. The van der Waals surface area contributed by atoms with Crippen LogP contribution in [-0.4, -0.2) is 45.6 Å². The van der Waals surface area contributed by atoms with Crippen molar-refractivity contribution in [3.63, 3.8) is 0 Å². The van der Waals surface area contributed by atoms with Crippen LogP contribution in [0.5, 0.6) is 0 Å². The number of hydrogen-bond donors (Lipinski definition) is 0. The fourth-order valence-electron chi connectivity index (χ4n) is 2.79. The van der Waals surface area contributed by atoms with Gasteiger partial charge in [-0.25, -0.2) is 18.4 Å². The molecule has 1 aliphatic rings. The van der Waals surface area contributed by atoms with Crippen molar-refractivity contribution < 1.29 is 8.42 Å². The standard InChI is InChI=1S/C14H19N5O2S/c1-10-4-6-15-14(16-10)12-5-7-19(8-12)22(20,21)13-9-18(3)17-11(13)2/h4,6,9,12H,5,7-8H2,1-3H3/t12-/m0/s1. The SMILES string of the molecule is Cc1ccnc([C@H]2CCN(S(=O)(=O)c3cn(C)nc3C)C2)n1. The Kier molecular flexibility index (Phi) is 3.73. The van der Waals surface area contributed by atoms with Gasteiger partial charge in [-0.1, -0.05) is 0 Å². The van der Waals surface area contributed by atoms with Crippen LogP contribution in [0.15, 0.2) is 23.4 Å². The Hall–Kier alpha value is -1.80. The van der Waals surface area contributed by atoms with Gasteiger partial charge in [0, 0.05) is 44.1 Å². The van der Waals surface area contributed by atoms with Crippen molar-refractivity contribution in [3.05, 3.63) is 35.7 Å². The van der Waals surface area contributed by atoms with Crippen LogP contribution in [0.2, 0.25) is 0 Å². The average Bonchev–Trinajstić information content (AvgIpc) is 3.06. The molecular weight excluding hydrogens is 302 g/mol. The highest BCUT2D eigenvalue weighted by molar-refractivity contribution is 7.89. The lowest BCUT2D eigenvalue weighted by atomic mass is 10.1. The molecule has 1 fully saturated rings. The van der Waals surface area contributed by atoms with Crippen LogP contribution in [-0.2, 0) is 17.1 Å². The van der Waals surface area contributed by atoms with Crippen molar-refractivity contribution in [3.8, 4) is 0 Å². The predicted molar refractivity (Wildman–Crippen MR) is 80.8 cm³/mol. The number of sulfonamides is 1. The van der Waals surface area contributed by atoms with E-state index in [1.807, 2.05) is 13.0 Å². The van der Waals surface area contributed by atoms with E-state index >= 15 is 0 Å². The number of rotatable bonds is 3. The van der Waals surface area contributed by atoms with Crippen LogP contribution in [0.3, 0.4) is 0 Å². The third kappa shape index (κ3) is 2.64. The third-order valence-corrected chi connectivity index (χ3v) is 5.88. The van der Waals surface area contributed by atoms with Crippen molar-refractivity contribution >= 4 is 10.0 Å². The van der Waals surface area contributed by atoms with Gasteiger partial charge in [0.2, 0.25) is 10.0 Å². The molecule has 0 bridgehead atoms. The van der Waals surface area contributed by atoms with E-state index in [-0.39, 0.29) is 10.8 Å². The summed E-state index contributed by atoms with van der Waals surface area (Å²) in [6.07, 6.45) is 4.02. The lowest BCUT2D eigenvalue weighted by molar-refractivity contribution is 0.470. The number of hydrogen-bond acceptors (Lipinski definition) is 5. The Morgan fingerprint density at radius 3 is 2.73 bits per heavy atom. The summed E-state index contributed by atoms with van der Waals surface area (Å²) in [6.45, 7) is 4.52. The smallest absolute Gasteiger partial charge is 0.246 e. The third-order valence-electron chi connectivity index (χ3n) is 3.92. The van der Waals surface area contributed by atoms with Crippen LogP contribution in [0.4, 0.5) is 0 Å². The summed E-state index contributed by atoms with van der Waals surface area (Å²) < 4.78 is 28.5. The molecule has 2 aromatic rings. The van der Waals surface area contributed by atoms with E-state index in [4.69, 9.17) is 0 Å². The molecule has 8 heteroatoms. The first-order chi connectivity index (χ1) is 10.4. The summed E-state index contributed by atoms with van der Waals surface area (Å²) in [7, 11) is -1.78. The first kappa shape index (κ1) is 15.1. The second-order valence-electron chi connectivity index (χ2n) is 5.66. The van der Waals surface area contributed by atoms with E-state index in [1.165, 1.54) is 8.99 Å². The number of aryl methyl sites for hydroxylation is 3. The van der Waals surface area contributed by atoms with E-state index in [1.54, 1.807) is 26.4 Å². The maximum atomic E-state index is 12.7. The van der Waals surface area contributed by atoms with Crippen LogP contribution >= 0.6 is 0 Å². The second kappa shape index (κ2) is 5.44. The molecule has 7 nitrogen and oxygen atoms in total. The van der Waals surface area contributed by atoms with Crippen molar-refractivity contribution in [2.75, 3.05) is 13.1 Å². The molecule has 0 unspecified atom stereocenters. The van der Waals surface area contributed by atoms with Gasteiger partial charge in [0.05, 0.1) is 5.69 Å². The van der Waals surface area contributed by atoms with Crippen LogP contribution in [0.1, 0.15) is 29.6 Å². The molecule has 1 saturated heterocycles. The van der Waals surface area contributed by atoms with Crippen molar-refractivity contribution in [2.24, 2.45) is 7.05 Å². The highest BCUT2D eigenvalue weighted by Gasteiger charge is 2.36.